The highest BCUT2D eigenvalue weighted by molar-refractivity contribution is 7.86. The summed E-state index contributed by atoms with van der Waals surface area (Å²) in [6, 6.07) is 15.4. The van der Waals surface area contributed by atoms with E-state index in [0.717, 1.165) is 36.4 Å². The highest BCUT2D eigenvalue weighted by Gasteiger charge is 2.42. The van der Waals surface area contributed by atoms with Crippen LogP contribution in [0, 0.1) is 18.8 Å². The molecule has 10 heteroatoms. The molecule has 182 valence electrons. The van der Waals surface area contributed by atoms with E-state index in [1.54, 1.807) is 6.92 Å². The second-order valence-electron chi connectivity index (χ2n) is 7.24. The standard InChI is InChI=1S/C25H16F6O3S/c1-17-7-14-21(15-8-17)35(32,33)34-23(25(29,30)31)22(19-5-3-2-4-6-19)16-11-18-9-12-20(13-10-18)24(26,27)28/h2-10,12-15H,1H3/b23-22+. The lowest BCUT2D eigenvalue weighted by molar-refractivity contribution is -0.137. The van der Waals surface area contributed by atoms with Crippen molar-refractivity contribution < 1.29 is 38.9 Å². The van der Waals surface area contributed by atoms with E-state index in [-0.39, 0.29) is 11.1 Å². The lowest BCUT2D eigenvalue weighted by atomic mass is 10.0. The van der Waals surface area contributed by atoms with Crippen molar-refractivity contribution in [3.05, 3.63) is 107 Å². The van der Waals surface area contributed by atoms with E-state index < -0.39 is 44.3 Å². The normalized spacial score (nSPS) is 12.9. The molecule has 0 saturated heterocycles. The van der Waals surface area contributed by atoms with Crippen LogP contribution in [0.1, 0.15) is 22.3 Å². The minimum absolute atomic E-state index is 0.0191. The van der Waals surface area contributed by atoms with Gasteiger partial charge in [0.15, 0.2) is 0 Å². The van der Waals surface area contributed by atoms with Gasteiger partial charge in [-0.15, -0.1) is 0 Å². The third kappa shape index (κ3) is 6.67. The Balaban J connectivity index is 2.15. The zero-order valence-electron chi connectivity index (χ0n) is 17.9. The molecular formula is C25H16F6O3S. The molecule has 0 aliphatic heterocycles. The van der Waals surface area contributed by atoms with Crippen LogP contribution in [0.4, 0.5) is 26.3 Å². The molecular weight excluding hydrogens is 494 g/mol. The van der Waals surface area contributed by atoms with Gasteiger partial charge in [0.05, 0.1) is 11.1 Å². The third-order valence-electron chi connectivity index (χ3n) is 4.59. The van der Waals surface area contributed by atoms with Crippen molar-refractivity contribution in [1.82, 2.24) is 0 Å². The van der Waals surface area contributed by atoms with Gasteiger partial charge in [0.25, 0.3) is 0 Å². The number of alkyl halides is 6. The largest absolute Gasteiger partial charge is 0.452 e. The molecule has 35 heavy (non-hydrogen) atoms. The maximum Gasteiger partial charge on any atom is 0.452 e. The first kappa shape index (κ1) is 25.9. The quantitative estimate of drug-likeness (QED) is 0.169. The fourth-order valence-electron chi connectivity index (χ4n) is 2.84. The number of halogens is 6. The van der Waals surface area contributed by atoms with Crippen molar-refractivity contribution in [2.45, 2.75) is 24.2 Å². The maximum atomic E-state index is 14.0. The van der Waals surface area contributed by atoms with Gasteiger partial charge in [0.1, 0.15) is 4.90 Å². The highest BCUT2D eigenvalue weighted by atomic mass is 32.2. The topological polar surface area (TPSA) is 43.4 Å². The van der Waals surface area contributed by atoms with Crippen molar-refractivity contribution in [1.29, 1.82) is 0 Å². The molecule has 0 fully saturated rings. The smallest absolute Gasteiger partial charge is 0.372 e. The summed E-state index contributed by atoms with van der Waals surface area (Å²) in [7, 11) is -4.89. The molecule has 0 atom stereocenters. The number of hydrogen-bond acceptors (Lipinski definition) is 3. The summed E-state index contributed by atoms with van der Waals surface area (Å²) in [6.45, 7) is 1.67. The van der Waals surface area contributed by atoms with Crippen LogP contribution in [0.15, 0.2) is 89.5 Å². The zero-order valence-corrected chi connectivity index (χ0v) is 18.7. The molecule has 3 aromatic carbocycles. The van der Waals surface area contributed by atoms with E-state index in [0.29, 0.717) is 5.56 Å². The van der Waals surface area contributed by atoms with Crippen LogP contribution in [-0.2, 0) is 20.5 Å². The van der Waals surface area contributed by atoms with Crippen LogP contribution < -0.4 is 0 Å². The molecule has 0 saturated carbocycles. The lowest BCUT2D eigenvalue weighted by Crippen LogP contribution is -2.20. The van der Waals surface area contributed by atoms with Gasteiger partial charge in [-0.25, -0.2) is 0 Å². The molecule has 0 bridgehead atoms. The van der Waals surface area contributed by atoms with Gasteiger partial charge in [-0.05, 0) is 48.9 Å². The minimum Gasteiger partial charge on any atom is -0.372 e. The van der Waals surface area contributed by atoms with Gasteiger partial charge in [-0.1, -0.05) is 59.9 Å². The van der Waals surface area contributed by atoms with Crippen LogP contribution in [0.5, 0.6) is 0 Å². The Hall–Kier alpha value is -3.71. The Morgan fingerprint density at radius 2 is 1.37 bits per heavy atom. The Bertz CT molecular complexity index is 1380. The number of rotatable bonds is 4. The molecule has 0 aliphatic rings. The fourth-order valence-corrected chi connectivity index (χ4v) is 3.80. The summed E-state index contributed by atoms with van der Waals surface area (Å²) in [5, 5.41) is 0. The van der Waals surface area contributed by atoms with Crippen LogP contribution in [0.2, 0.25) is 0 Å². The van der Waals surface area contributed by atoms with Gasteiger partial charge in [0.2, 0.25) is 5.76 Å². The molecule has 3 nitrogen and oxygen atoms in total. The molecule has 0 radical (unpaired) electrons. The molecule has 0 heterocycles. The fraction of sp³-hybridized carbons (Fsp3) is 0.120. The van der Waals surface area contributed by atoms with Crippen molar-refractivity contribution >= 4 is 15.7 Å². The molecule has 3 aromatic rings. The number of aryl methyl sites for hydroxylation is 1. The Kier molecular flexibility index (Phi) is 7.31. The van der Waals surface area contributed by atoms with E-state index >= 15 is 0 Å². The molecule has 0 unspecified atom stereocenters. The summed E-state index contributed by atoms with van der Waals surface area (Å²) >= 11 is 0. The molecule has 0 N–H and O–H groups in total. The first-order chi connectivity index (χ1) is 16.3. The number of hydrogen-bond donors (Lipinski definition) is 0. The predicted molar refractivity (Wildman–Crippen MR) is 117 cm³/mol. The molecule has 0 amide bonds. The summed E-state index contributed by atoms with van der Waals surface area (Å²) in [5.41, 5.74) is -1.19. The van der Waals surface area contributed by atoms with E-state index in [4.69, 9.17) is 0 Å². The molecule has 0 aliphatic carbocycles. The summed E-state index contributed by atoms with van der Waals surface area (Å²) < 4.78 is 110. The average molecular weight is 510 g/mol. The highest BCUT2D eigenvalue weighted by Crippen LogP contribution is 2.36. The van der Waals surface area contributed by atoms with Gasteiger partial charge in [-0.3, -0.25) is 0 Å². The van der Waals surface area contributed by atoms with E-state index in [1.807, 2.05) is 0 Å². The Morgan fingerprint density at radius 1 is 0.800 bits per heavy atom. The van der Waals surface area contributed by atoms with Gasteiger partial charge >= 0.3 is 22.5 Å². The summed E-state index contributed by atoms with van der Waals surface area (Å²) in [5.74, 6) is 2.73. The number of benzene rings is 3. The third-order valence-corrected chi connectivity index (χ3v) is 5.83. The first-order valence-electron chi connectivity index (χ1n) is 9.85. The van der Waals surface area contributed by atoms with Crippen LogP contribution in [0.3, 0.4) is 0 Å². The van der Waals surface area contributed by atoms with Crippen LogP contribution >= 0.6 is 0 Å². The van der Waals surface area contributed by atoms with Gasteiger partial charge < -0.3 is 4.18 Å². The van der Waals surface area contributed by atoms with Crippen molar-refractivity contribution in [3.8, 4) is 11.8 Å². The Morgan fingerprint density at radius 3 is 1.89 bits per heavy atom. The predicted octanol–water partition coefficient (Wildman–Crippen LogP) is 6.74. The summed E-state index contributed by atoms with van der Waals surface area (Å²) in [6.07, 6.45) is -9.86. The van der Waals surface area contributed by atoms with Gasteiger partial charge in [-0.2, -0.15) is 34.8 Å². The van der Waals surface area contributed by atoms with Gasteiger partial charge in [0, 0.05) is 5.56 Å². The van der Waals surface area contributed by atoms with Crippen LogP contribution in [-0.4, -0.2) is 14.6 Å². The van der Waals surface area contributed by atoms with Crippen molar-refractivity contribution in [3.63, 3.8) is 0 Å². The van der Waals surface area contributed by atoms with E-state index in [2.05, 4.69) is 16.0 Å². The Labute approximate surface area is 197 Å². The van der Waals surface area contributed by atoms with Crippen LogP contribution in [0.25, 0.3) is 5.57 Å². The maximum absolute atomic E-state index is 14.0. The second-order valence-corrected chi connectivity index (χ2v) is 8.79. The average Bonchev–Trinajstić information content (AvgIpc) is 2.78. The molecule has 3 rings (SSSR count). The summed E-state index contributed by atoms with van der Waals surface area (Å²) in [4.78, 5) is -0.493. The SMILES string of the molecule is Cc1ccc(S(=O)(=O)O/C(=C(\C#Cc2ccc(C(F)(F)F)cc2)c2ccccc2)C(F)(F)F)cc1. The van der Waals surface area contributed by atoms with Crippen molar-refractivity contribution in [2.24, 2.45) is 0 Å². The van der Waals surface area contributed by atoms with E-state index in [9.17, 15) is 34.8 Å². The minimum atomic E-state index is -5.27. The lowest BCUT2D eigenvalue weighted by Gasteiger charge is -2.16. The van der Waals surface area contributed by atoms with Crippen molar-refractivity contribution in [2.75, 3.05) is 0 Å². The first-order valence-corrected chi connectivity index (χ1v) is 11.3. The second kappa shape index (κ2) is 9.88. The number of allylic oxidation sites excluding steroid dienone is 2. The molecule has 0 spiro atoms. The molecule has 0 aromatic heterocycles. The zero-order chi connectivity index (χ0) is 25.9. The van der Waals surface area contributed by atoms with E-state index in [1.165, 1.54) is 42.5 Å². The monoisotopic (exact) mass is 510 g/mol.